The predicted octanol–water partition coefficient (Wildman–Crippen LogP) is -5.19. The van der Waals surface area contributed by atoms with Crippen LogP contribution in [0, 0.1) is 5.41 Å². The van der Waals surface area contributed by atoms with E-state index < -0.39 is 90.7 Å². The number of hydrogen-bond acceptors (Lipinski definition) is 20. The van der Waals surface area contributed by atoms with Crippen LogP contribution in [0.15, 0.2) is 12.7 Å². The molecule has 3 heterocycles. The summed E-state index contributed by atoms with van der Waals surface area (Å²) >= 11 is 0.937. The summed E-state index contributed by atoms with van der Waals surface area (Å²) in [5.41, 5.74) is 4.19. The first-order valence-electron chi connectivity index (χ1n) is 15.6. The Balaban J connectivity index is 0.0000105. The zero-order valence-corrected chi connectivity index (χ0v) is 33.3. The average Bonchev–Trinajstić information content (AvgIpc) is 3.60. The maximum absolute atomic E-state index is 12.6. The van der Waals surface area contributed by atoms with Gasteiger partial charge in [-0.15, -0.1) is 0 Å². The molecule has 306 valence electrons. The van der Waals surface area contributed by atoms with E-state index in [1.165, 1.54) is 20.8 Å². The molecule has 0 radical (unpaired) electrons. The second kappa shape index (κ2) is 20.7. The molecule has 2 amide bonds. The van der Waals surface area contributed by atoms with E-state index in [9.17, 15) is 63.0 Å². The van der Waals surface area contributed by atoms with Crippen LogP contribution in [-0.4, -0.2) is 129 Å². The van der Waals surface area contributed by atoms with Crippen molar-refractivity contribution in [1.29, 1.82) is 0 Å². The van der Waals surface area contributed by atoms with Crippen LogP contribution in [0.2, 0.25) is 0 Å². The van der Waals surface area contributed by atoms with Gasteiger partial charge in [-0.1, -0.05) is 25.6 Å². The third-order valence-electron chi connectivity index (χ3n) is 7.22. The molecule has 4 unspecified atom stereocenters. The van der Waals surface area contributed by atoms with Gasteiger partial charge in [0, 0.05) is 37.1 Å². The van der Waals surface area contributed by atoms with Gasteiger partial charge in [-0.3, -0.25) is 32.6 Å². The van der Waals surface area contributed by atoms with Gasteiger partial charge in [0.25, 0.3) is 7.82 Å². The summed E-state index contributed by atoms with van der Waals surface area (Å²) in [5.74, 6) is -1.27. The molecule has 10 N–H and O–H groups in total. The SMILES string of the molecule is CC(O)CC(=O)SCCNC(=O)CCNC(=O)[C@H](O)C(C)(C)COP(=O)(O)OP(=O)(O)OC[C@H]1O[C@@H](n2cnc3c(N)ncnc32)[C@H](O)[C@@H]1OP(=O)([O-])O.[Li+]. The Hall–Kier alpha value is -1.88. The van der Waals surface area contributed by atoms with Crippen LogP contribution in [0.4, 0.5) is 5.82 Å². The number of fused-ring (bicyclic) bond motifs is 1. The Kier molecular flexibility index (Phi) is 18.5. The molecule has 0 aliphatic carbocycles. The normalized spacial score (nSPS) is 23.1. The van der Waals surface area contributed by atoms with Gasteiger partial charge in [-0.05, 0) is 6.92 Å². The zero-order valence-electron chi connectivity index (χ0n) is 29.8. The third kappa shape index (κ3) is 15.4. The minimum Gasteiger partial charge on any atom is -0.756 e. The molecule has 0 aromatic carbocycles. The van der Waals surface area contributed by atoms with Crippen LogP contribution in [0.3, 0.4) is 0 Å². The first-order chi connectivity index (χ1) is 24.9. The number of phosphoric acid groups is 3. The summed E-state index contributed by atoms with van der Waals surface area (Å²) in [7, 11) is -16.7. The molecule has 0 bridgehead atoms. The van der Waals surface area contributed by atoms with E-state index in [-0.39, 0.29) is 72.6 Å². The number of carbonyl (C=O) groups excluding carboxylic acids is 3. The molecular weight excluding hydrogens is 818 g/mol. The number of phosphoric ester groups is 3. The van der Waals surface area contributed by atoms with Gasteiger partial charge >= 0.3 is 34.5 Å². The van der Waals surface area contributed by atoms with E-state index >= 15 is 0 Å². The molecule has 2 aromatic heterocycles. The minimum absolute atomic E-state index is 0. The number of nitrogen functional groups attached to an aromatic ring is 1. The maximum Gasteiger partial charge on any atom is 1.00 e. The molecule has 1 aliphatic rings. The van der Waals surface area contributed by atoms with E-state index in [1.807, 2.05) is 0 Å². The van der Waals surface area contributed by atoms with E-state index in [0.29, 0.717) is 0 Å². The number of nitrogens with two attached hydrogens (primary N) is 1. The first kappa shape index (κ1) is 49.3. The zero-order chi connectivity index (χ0) is 40.6. The van der Waals surface area contributed by atoms with Crippen molar-refractivity contribution in [3.8, 4) is 0 Å². The fourth-order valence-corrected chi connectivity index (χ4v) is 8.20. The number of ether oxygens (including phenoxy) is 1. The van der Waals surface area contributed by atoms with Crippen molar-refractivity contribution in [3.63, 3.8) is 0 Å². The Morgan fingerprint density at radius 3 is 2.38 bits per heavy atom. The van der Waals surface area contributed by atoms with Crippen molar-refractivity contribution in [2.75, 3.05) is 37.8 Å². The number of anilines is 1. The molecule has 30 heteroatoms. The van der Waals surface area contributed by atoms with Crippen LogP contribution in [0.1, 0.15) is 39.8 Å². The summed E-state index contributed by atoms with van der Waals surface area (Å²) in [6, 6.07) is 0. The molecule has 2 aromatic rings. The largest absolute Gasteiger partial charge is 1.00 e. The van der Waals surface area contributed by atoms with Crippen molar-refractivity contribution < 1.29 is 104 Å². The third-order valence-corrected chi connectivity index (χ3v) is 11.2. The molecule has 1 aliphatic heterocycles. The molecule has 1 fully saturated rings. The molecule has 1 saturated heterocycles. The van der Waals surface area contributed by atoms with Gasteiger partial charge in [0.05, 0.1) is 25.6 Å². The maximum atomic E-state index is 12.6. The first-order valence-corrected chi connectivity index (χ1v) is 21.1. The molecule has 0 saturated carbocycles. The van der Waals surface area contributed by atoms with Gasteiger partial charge in [0.15, 0.2) is 22.8 Å². The Bertz CT molecular complexity index is 1790. The van der Waals surface area contributed by atoms with Gasteiger partial charge in [-0.2, -0.15) is 4.31 Å². The second-order valence-corrected chi connectivity index (χ2v) is 17.7. The number of nitrogens with one attached hydrogen (secondary N) is 2. The number of aliphatic hydroxyl groups excluding tert-OH is 3. The molecular formula is C25H41LiN7O18P3S. The van der Waals surface area contributed by atoms with Gasteiger partial charge in [0.2, 0.25) is 11.8 Å². The number of carbonyl (C=O) groups is 3. The second-order valence-electron chi connectivity index (χ2n) is 12.3. The number of aromatic nitrogens is 4. The molecule has 3 rings (SSSR count). The van der Waals surface area contributed by atoms with Crippen LogP contribution in [0.5, 0.6) is 0 Å². The summed E-state index contributed by atoms with van der Waals surface area (Å²) in [4.78, 5) is 88.8. The Morgan fingerprint density at radius 2 is 1.75 bits per heavy atom. The monoisotopic (exact) mass is 859 g/mol. The van der Waals surface area contributed by atoms with Gasteiger partial charge in [0.1, 0.15) is 36.3 Å². The number of amides is 2. The average molecular weight is 860 g/mol. The number of imidazole rings is 1. The quantitative estimate of drug-likeness (QED) is 0.0322. The summed E-state index contributed by atoms with van der Waals surface area (Å²) in [6.07, 6.45) is -8.00. The van der Waals surface area contributed by atoms with E-state index in [1.54, 1.807) is 0 Å². The molecule has 25 nitrogen and oxygen atoms in total. The summed E-state index contributed by atoms with van der Waals surface area (Å²) in [5, 5.41) is 35.1. The van der Waals surface area contributed by atoms with Crippen molar-refractivity contribution in [2.24, 2.45) is 5.41 Å². The van der Waals surface area contributed by atoms with E-state index in [4.69, 9.17) is 19.5 Å². The Labute approximate surface area is 329 Å². The van der Waals surface area contributed by atoms with Crippen molar-refractivity contribution in [3.05, 3.63) is 12.7 Å². The van der Waals surface area contributed by atoms with Gasteiger partial charge < -0.3 is 60.5 Å². The van der Waals surface area contributed by atoms with Crippen molar-refractivity contribution >= 4 is 69.1 Å². The minimum atomic E-state index is -5.59. The van der Waals surface area contributed by atoms with Crippen LogP contribution < -0.4 is 40.1 Å². The van der Waals surface area contributed by atoms with E-state index in [0.717, 1.165) is 29.0 Å². The number of rotatable bonds is 21. The van der Waals surface area contributed by atoms with Crippen molar-refractivity contribution in [2.45, 2.75) is 70.4 Å². The summed E-state index contributed by atoms with van der Waals surface area (Å²) in [6.45, 7) is 1.78. The number of hydrogen-bond donors (Lipinski definition) is 9. The fourth-order valence-electron chi connectivity index (χ4n) is 4.59. The number of thioether (sulfide) groups is 1. The van der Waals surface area contributed by atoms with E-state index in [2.05, 4.69) is 34.4 Å². The van der Waals surface area contributed by atoms with Gasteiger partial charge in [-0.25, -0.2) is 24.1 Å². The smallest absolute Gasteiger partial charge is 0.756 e. The molecule has 0 spiro atoms. The standard InChI is InChI=1S/C25H42N7O18P3S.Li/c1-13(33)8-16(35)54-7-6-27-15(34)4-5-28-23(38)20(37)25(2,3)10-47-53(44,45)50-52(42,43)46-9-14-19(49-51(39,40)41)18(36)24(48-14)32-12-31-17-21(26)29-11-30-22(17)32;/h11-14,18-20,24,33,36-37H,4-10H2,1-3H3,(H,27,34)(H,28,38)(H,42,43)(H,44,45)(H2,26,29,30)(H2,39,40,41);/q;+1/p-1/t13?,14-,18-,19-,20+,24-;/m1./s1. The topological polar surface area (TPSA) is 387 Å². The Morgan fingerprint density at radius 1 is 1.09 bits per heavy atom. The van der Waals surface area contributed by atoms with Crippen LogP contribution in [0.25, 0.3) is 11.2 Å². The fraction of sp³-hybridized carbons (Fsp3) is 0.680. The molecule has 9 atom stereocenters. The van der Waals surface area contributed by atoms with Crippen molar-refractivity contribution in [1.82, 2.24) is 30.2 Å². The molecule has 55 heavy (non-hydrogen) atoms. The predicted molar refractivity (Wildman–Crippen MR) is 181 cm³/mol. The van der Waals surface area contributed by atoms with Crippen LogP contribution in [-0.2, 0) is 50.7 Å². The summed E-state index contributed by atoms with van der Waals surface area (Å²) < 4.78 is 61.6. The number of aliphatic hydroxyl groups is 3. The number of nitrogens with zero attached hydrogens (tertiary/aromatic N) is 4. The van der Waals surface area contributed by atoms with Crippen LogP contribution >= 0.6 is 35.2 Å².